The molecule has 1 unspecified atom stereocenters. The van der Waals surface area contributed by atoms with E-state index in [1.807, 2.05) is 45.0 Å². The molecule has 0 aliphatic heterocycles. The minimum Gasteiger partial charge on any atom is -0.396 e. The smallest absolute Gasteiger partial charge is 0.319 e. The van der Waals surface area contributed by atoms with Crippen molar-refractivity contribution in [3.8, 4) is 0 Å². The number of hydrogen-bond donors (Lipinski definition) is 3. The largest absolute Gasteiger partial charge is 0.396 e. The van der Waals surface area contributed by atoms with Crippen molar-refractivity contribution in [1.29, 1.82) is 0 Å². The third-order valence-corrected chi connectivity index (χ3v) is 3.59. The number of aliphatic hydroxyl groups excluding tert-OH is 1. The number of amides is 2. The third kappa shape index (κ3) is 5.73. The summed E-state index contributed by atoms with van der Waals surface area (Å²) in [6, 6.07) is 7.30. The van der Waals surface area contributed by atoms with Gasteiger partial charge in [0.2, 0.25) is 0 Å². The summed E-state index contributed by atoms with van der Waals surface area (Å²) < 4.78 is 5.40. The van der Waals surface area contributed by atoms with E-state index < -0.39 is 5.54 Å². The van der Waals surface area contributed by atoms with Crippen molar-refractivity contribution in [1.82, 2.24) is 5.32 Å². The Kier molecular flexibility index (Phi) is 7.19. The highest BCUT2D eigenvalue weighted by Gasteiger charge is 2.23. The Bertz CT molecular complexity index is 451. The molecule has 1 atom stereocenters. The molecule has 0 aliphatic carbocycles. The molecule has 21 heavy (non-hydrogen) atoms. The van der Waals surface area contributed by atoms with E-state index >= 15 is 0 Å². The van der Waals surface area contributed by atoms with Gasteiger partial charge in [0.25, 0.3) is 0 Å². The molecule has 0 spiro atoms. The fourth-order valence-corrected chi connectivity index (χ4v) is 1.98. The van der Waals surface area contributed by atoms with Crippen molar-refractivity contribution in [3.05, 3.63) is 29.8 Å². The molecular weight excluding hydrogens is 268 g/mol. The minimum atomic E-state index is -0.409. The summed E-state index contributed by atoms with van der Waals surface area (Å²) in [5.74, 6) is 0. The lowest BCUT2D eigenvalue weighted by Crippen LogP contribution is -2.48. The number of carbonyl (C=O) groups excluding carboxylic acids is 1. The van der Waals surface area contributed by atoms with E-state index in [0.717, 1.165) is 17.7 Å². The van der Waals surface area contributed by atoms with Gasteiger partial charge in [0.1, 0.15) is 0 Å². The highest BCUT2D eigenvalue weighted by Crippen LogP contribution is 2.18. The Morgan fingerprint density at radius 3 is 2.67 bits per heavy atom. The van der Waals surface area contributed by atoms with Crippen molar-refractivity contribution < 1.29 is 14.6 Å². The monoisotopic (exact) mass is 294 g/mol. The second-order valence-corrected chi connectivity index (χ2v) is 5.26. The first-order valence-electron chi connectivity index (χ1n) is 7.40. The summed E-state index contributed by atoms with van der Waals surface area (Å²) in [5.41, 5.74) is 1.27. The number of benzene rings is 1. The van der Waals surface area contributed by atoms with Crippen LogP contribution in [0.2, 0.25) is 0 Å². The summed E-state index contributed by atoms with van der Waals surface area (Å²) in [7, 11) is 0. The van der Waals surface area contributed by atoms with Gasteiger partial charge in [0, 0.05) is 30.0 Å². The normalized spacial score (nSPS) is 13.5. The number of nitrogens with one attached hydrogen (secondary N) is 2. The number of urea groups is 1. The molecule has 5 heteroatoms. The van der Waals surface area contributed by atoms with Crippen LogP contribution in [-0.2, 0) is 11.3 Å². The van der Waals surface area contributed by atoms with Crippen LogP contribution >= 0.6 is 0 Å². The summed E-state index contributed by atoms with van der Waals surface area (Å²) >= 11 is 0. The van der Waals surface area contributed by atoms with E-state index in [4.69, 9.17) is 9.84 Å². The average molecular weight is 294 g/mol. The van der Waals surface area contributed by atoms with Crippen molar-refractivity contribution >= 4 is 11.7 Å². The zero-order valence-electron chi connectivity index (χ0n) is 13.1. The van der Waals surface area contributed by atoms with Gasteiger partial charge in [-0.25, -0.2) is 4.79 Å². The number of hydrogen-bond acceptors (Lipinski definition) is 3. The number of anilines is 1. The third-order valence-electron chi connectivity index (χ3n) is 3.59. The van der Waals surface area contributed by atoms with Crippen molar-refractivity contribution in [3.63, 3.8) is 0 Å². The van der Waals surface area contributed by atoms with E-state index in [9.17, 15) is 4.79 Å². The van der Waals surface area contributed by atoms with Gasteiger partial charge in [-0.05, 0) is 32.8 Å². The lowest BCUT2D eigenvalue weighted by Gasteiger charge is -2.29. The molecule has 1 aromatic carbocycles. The van der Waals surface area contributed by atoms with E-state index in [-0.39, 0.29) is 12.6 Å². The number of para-hydroxylation sites is 1. The highest BCUT2D eigenvalue weighted by molar-refractivity contribution is 5.90. The predicted molar refractivity (Wildman–Crippen MR) is 84.3 cm³/mol. The molecule has 0 saturated heterocycles. The Balaban J connectivity index is 2.70. The lowest BCUT2D eigenvalue weighted by molar-refractivity contribution is 0.134. The Labute approximate surface area is 126 Å². The van der Waals surface area contributed by atoms with Crippen LogP contribution in [0.1, 0.15) is 39.2 Å². The quantitative estimate of drug-likeness (QED) is 0.690. The maximum Gasteiger partial charge on any atom is 0.319 e. The van der Waals surface area contributed by atoms with E-state index in [1.54, 1.807) is 0 Å². The maximum absolute atomic E-state index is 12.1. The molecule has 0 bridgehead atoms. The van der Waals surface area contributed by atoms with Crippen LogP contribution in [-0.4, -0.2) is 29.9 Å². The molecule has 3 N–H and O–H groups in total. The Morgan fingerprint density at radius 2 is 2.05 bits per heavy atom. The summed E-state index contributed by atoms with van der Waals surface area (Å²) in [6.07, 6.45) is 1.28. The van der Waals surface area contributed by atoms with Gasteiger partial charge in [0.15, 0.2) is 0 Å². The van der Waals surface area contributed by atoms with Gasteiger partial charge in [-0.3, -0.25) is 0 Å². The van der Waals surface area contributed by atoms with Gasteiger partial charge in [-0.1, -0.05) is 25.1 Å². The predicted octanol–water partition coefficient (Wildman–Crippen LogP) is 2.90. The molecule has 0 aliphatic rings. The van der Waals surface area contributed by atoms with Crippen LogP contribution < -0.4 is 10.6 Å². The van der Waals surface area contributed by atoms with Gasteiger partial charge in [-0.2, -0.15) is 0 Å². The van der Waals surface area contributed by atoms with Crippen LogP contribution in [0.3, 0.4) is 0 Å². The first-order chi connectivity index (χ1) is 10.0. The van der Waals surface area contributed by atoms with Crippen molar-refractivity contribution in [2.24, 2.45) is 0 Å². The molecule has 1 aromatic rings. The number of ether oxygens (including phenoxy) is 1. The van der Waals surface area contributed by atoms with E-state index in [0.29, 0.717) is 19.6 Å². The summed E-state index contributed by atoms with van der Waals surface area (Å²) in [4.78, 5) is 12.1. The summed E-state index contributed by atoms with van der Waals surface area (Å²) in [6.45, 7) is 6.99. The standard InChI is InChI=1S/C16H26N2O3/c1-4-16(3,10-11-19)18-15(20)17-14-9-7-6-8-13(14)12-21-5-2/h6-9,19H,4-5,10-12H2,1-3H3,(H2,17,18,20). The SMILES string of the molecule is CCOCc1ccccc1NC(=O)NC(C)(CC)CCO. The highest BCUT2D eigenvalue weighted by atomic mass is 16.5. The molecule has 2 amide bonds. The molecular formula is C16H26N2O3. The molecule has 0 fully saturated rings. The molecule has 0 heterocycles. The van der Waals surface area contributed by atoms with Gasteiger partial charge in [-0.15, -0.1) is 0 Å². The van der Waals surface area contributed by atoms with Crippen molar-refractivity contribution in [2.75, 3.05) is 18.5 Å². The maximum atomic E-state index is 12.1. The average Bonchev–Trinajstić information content (AvgIpc) is 2.46. The van der Waals surface area contributed by atoms with Crippen LogP contribution in [0.15, 0.2) is 24.3 Å². The van der Waals surface area contributed by atoms with E-state index in [2.05, 4.69) is 10.6 Å². The molecule has 118 valence electrons. The zero-order valence-corrected chi connectivity index (χ0v) is 13.1. The summed E-state index contributed by atoms with van der Waals surface area (Å²) in [5, 5.41) is 14.9. The second-order valence-electron chi connectivity index (χ2n) is 5.26. The van der Waals surface area contributed by atoms with E-state index in [1.165, 1.54) is 0 Å². The van der Waals surface area contributed by atoms with Crippen LogP contribution in [0.5, 0.6) is 0 Å². The Hall–Kier alpha value is -1.59. The van der Waals surface area contributed by atoms with Crippen LogP contribution in [0.25, 0.3) is 0 Å². The minimum absolute atomic E-state index is 0.0472. The van der Waals surface area contributed by atoms with Gasteiger partial charge >= 0.3 is 6.03 Å². The second kappa shape index (κ2) is 8.64. The first kappa shape index (κ1) is 17.5. The molecule has 0 saturated carbocycles. The fraction of sp³-hybridized carbons (Fsp3) is 0.562. The Morgan fingerprint density at radius 1 is 1.33 bits per heavy atom. The molecule has 5 nitrogen and oxygen atoms in total. The fourth-order valence-electron chi connectivity index (χ4n) is 1.98. The van der Waals surface area contributed by atoms with Crippen LogP contribution in [0.4, 0.5) is 10.5 Å². The number of rotatable bonds is 8. The first-order valence-corrected chi connectivity index (χ1v) is 7.40. The number of carbonyl (C=O) groups is 1. The van der Waals surface area contributed by atoms with Crippen LogP contribution in [0, 0.1) is 0 Å². The topological polar surface area (TPSA) is 70.6 Å². The number of aliphatic hydroxyl groups is 1. The lowest BCUT2D eigenvalue weighted by atomic mass is 9.95. The van der Waals surface area contributed by atoms with Gasteiger partial charge < -0.3 is 20.5 Å². The molecule has 0 radical (unpaired) electrons. The van der Waals surface area contributed by atoms with Crippen molar-refractivity contribution in [2.45, 2.75) is 45.8 Å². The van der Waals surface area contributed by atoms with Gasteiger partial charge in [0.05, 0.1) is 6.61 Å². The molecule has 1 rings (SSSR count). The molecule has 0 aromatic heterocycles. The zero-order chi connectivity index (χ0) is 15.7.